The van der Waals surface area contributed by atoms with Crippen LogP contribution in [0.4, 0.5) is 0 Å². The van der Waals surface area contributed by atoms with Crippen molar-refractivity contribution in [3.8, 4) is 23.0 Å². The van der Waals surface area contributed by atoms with E-state index in [2.05, 4.69) is 0 Å². The molecule has 252 valence electrons. The van der Waals surface area contributed by atoms with Crippen LogP contribution in [-0.4, -0.2) is 125 Å². The molecule has 2 heterocycles. The third kappa shape index (κ3) is 6.71. The number of aliphatic hydroxyl groups excluding tert-OH is 4. The first-order chi connectivity index (χ1) is 21.8. The Kier molecular flexibility index (Phi) is 9.93. The zero-order valence-corrected chi connectivity index (χ0v) is 25.4. The number of methoxy groups -OCH3 is 2. The lowest BCUT2D eigenvalue weighted by Gasteiger charge is -2.40. The number of fused-ring (bicyclic) bond motifs is 1. The predicted molar refractivity (Wildman–Crippen MR) is 154 cm³/mol. The second-order valence-corrected chi connectivity index (χ2v) is 11.7. The van der Waals surface area contributed by atoms with Crippen LogP contribution in [0.3, 0.4) is 0 Å². The molecule has 15 nitrogen and oxygen atoms in total. The summed E-state index contributed by atoms with van der Waals surface area (Å²) < 4.78 is 37.7. The molecule has 2 aromatic carbocycles. The molecule has 2 aromatic rings. The van der Waals surface area contributed by atoms with Crippen LogP contribution in [0.5, 0.6) is 23.0 Å². The van der Waals surface area contributed by atoms with Crippen LogP contribution in [-0.2, 0) is 25.4 Å². The number of phenolic OH excluding ortho intramolecular Hbond substituents is 1. The molecule has 6 N–H and O–H groups in total. The summed E-state index contributed by atoms with van der Waals surface area (Å²) in [4.78, 5) is 24.8. The number of ether oxygens (including phenoxy) is 7. The summed E-state index contributed by atoms with van der Waals surface area (Å²) in [7, 11) is 2.86. The van der Waals surface area contributed by atoms with Crippen molar-refractivity contribution in [3.05, 3.63) is 47.0 Å². The van der Waals surface area contributed by atoms with Crippen molar-refractivity contribution >= 4 is 11.9 Å². The van der Waals surface area contributed by atoms with Crippen LogP contribution in [0.25, 0.3) is 0 Å². The molecule has 3 aliphatic rings. The Bertz CT molecular complexity index is 1430. The quantitative estimate of drug-likeness (QED) is 0.182. The zero-order valence-electron chi connectivity index (χ0n) is 25.4. The molecular formula is C31H38O15. The number of carbonyl (C=O) groups excluding carboxylic acids is 2. The molecule has 46 heavy (non-hydrogen) atoms. The highest BCUT2D eigenvalue weighted by atomic mass is 16.7. The fourth-order valence-corrected chi connectivity index (χ4v) is 5.83. The third-order valence-corrected chi connectivity index (χ3v) is 8.43. The molecule has 1 saturated carbocycles. The number of esters is 2. The second kappa shape index (κ2) is 13.6. The van der Waals surface area contributed by atoms with E-state index in [1.165, 1.54) is 38.5 Å². The van der Waals surface area contributed by atoms with Crippen molar-refractivity contribution in [2.75, 3.05) is 34.0 Å². The SMILES string of the molecule is COc1ccc(C(=O)OCC2(O)COC(OCC3CC(Oc4cc(O)c5c(c4)CC(C)OC5=O)C(O)C(O)C3O)C2O)cc1OC. The molecule has 15 heteroatoms. The Hall–Kier alpha value is -3.70. The number of aromatic hydroxyl groups is 1. The van der Waals surface area contributed by atoms with Crippen LogP contribution in [0.15, 0.2) is 30.3 Å². The summed E-state index contributed by atoms with van der Waals surface area (Å²) in [5.74, 6) is -1.80. The molecule has 0 amide bonds. The highest BCUT2D eigenvalue weighted by Gasteiger charge is 2.51. The van der Waals surface area contributed by atoms with Crippen LogP contribution >= 0.6 is 0 Å². The van der Waals surface area contributed by atoms with E-state index in [1.54, 1.807) is 13.0 Å². The number of hydrogen-bond donors (Lipinski definition) is 6. The number of rotatable bonds is 10. The normalized spacial score (nSPS) is 32.3. The lowest BCUT2D eigenvalue weighted by Crippen LogP contribution is -2.56. The van der Waals surface area contributed by atoms with Gasteiger partial charge in [-0.2, -0.15) is 0 Å². The molecule has 1 aliphatic carbocycles. The van der Waals surface area contributed by atoms with E-state index in [1.807, 2.05) is 0 Å². The van der Waals surface area contributed by atoms with Crippen LogP contribution < -0.4 is 14.2 Å². The third-order valence-electron chi connectivity index (χ3n) is 8.43. The van der Waals surface area contributed by atoms with Gasteiger partial charge >= 0.3 is 11.9 Å². The first kappa shape index (κ1) is 33.7. The van der Waals surface area contributed by atoms with E-state index in [4.69, 9.17) is 33.2 Å². The van der Waals surface area contributed by atoms with E-state index in [9.17, 15) is 40.2 Å². The number of carbonyl (C=O) groups is 2. The minimum absolute atomic E-state index is 0.0221. The van der Waals surface area contributed by atoms with Gasteiger partial charge in [-0.15, -0.1) is 0 Å². The topological polar surface area (TPSA) is 220 Å². The number of aliphatic hydroxyl groups is 5. The van der Waals surface area contributed by atoms with Crippen molar-refractivity contribution in [2.45, 2.75) is 68.3 Å². The lowest BCUT2D eigenvalue weighted by atomic mass is 9.81. The van der Waals surface area contributed by atoms with Crippen molar-refractivity contribution in [2.24, 2.45) is 5.92 Å². The van der Waals surface area contributed by atoms with Crippen molar-refractivity contribution in [1.82, 2.24) is 0 Å². The maximum absolute atomic E-state index is 12.6. The van der Waals surface area contributed by atoms with Gasteiger partial charge in [0, 0.05) is 18.4 Å². The molecule has 0 aromatic heterocycles. The molecular weight excluding hydrogens is 612 g/mol. The fourth-order valence-electron chi connectivity index (χ4n) is 5.83. The molecule has 0 radical (unpaired) electrons. The number of hydrogen-bond acceptors (Lipinski definition) is 15. The molecule has 2 aliphatic heterocycles. The van der Waals surface area contributed by atoms with E-state index in [-0.39, 0.29) is 35.7 Å². The van der Waals surface area contributed by atoms with Gasteiger partial charge in [0.25, 0.3) is 0 Å². The monoisotopic (exact) mass is 650 g/mol. The van der Waals surface area contributed by atoms with Gasteiger partial charge in [-0.3, -0.25) is 0 Å². The standard InChI is InChI=1S/C31H38O15/c1-14-6-16-7-18(10-19(32)23(16)29(38)45-14)46-22-9-17(24(33)26(35)25(22)34)11-42-30-27(36)31(39,13-44-30)12-43-28(37)15-4-5-20(40-2)21(8-15)41-3/h4-5,7-8,10,14,17,22,24-27,30,32-36,39H,6,9,11-13H2,1-3H3. The molecule has 0 spiro atoms. The Morgan fingerprint density at radius 2 is 1.76 bits per heavy atom. The van der Waals surface area contributed by atoms with Gasteiger partial charge in [-0.25, -0.2) is 9.59 Å². The summed E-state index contributed by atoms with van der Waals surface area (Å²) in [5.41, 5.74) is -1.36. The largest absolute Gasteiger partial charge is 0.507 e. The van der Waals surface area contributed by atoms with Gasteiger partial charge in [-0.05, 0) is 43.2 Å². The highest BCUT2D eigenvalue weighted by molar-refractivity contribution is 5.95. The van der Waals surface area contributed by atoms with Gasteiger partial charge < -0.3 is 63.8 Å². The Morgan fingerprint density at radius 1 is 1.02 bits per heavy atom. The minimum atomic E-state index is -2.01. The summed E-state index contributed by atoms with van der Waals surface area (Å²) in [6.45, 7) is 0.356. The average molecular weight is 651 g/mol. The van der Waals surface area contributed by atoms with Crippen LogP contribution in [0.2, 0.25) is 0 Å². The Balaban J connectivity index is 1.18. The minimum Gasteiger partial charge on any atom is -0.507 e. The van der Waals surface area contributed by atoms with Crippen molar-refractivity contribution in [1.29, 1.82) is 0 Å². The smallest absolute Gasteiger partial charge is 0.342 e. The first-order valence-electron chi connectivity index (χ1n) is 14.7. The molecule has 0 bridgehead atoms. The second-order valence-electron chi connectivity index (χ2n) is 11.7. The Labute approximate surface area is 263 Å². The maximum atomic E-state index is 12.6. The lowest BCUT2D eigenvalue weighted by molar-refractivity contribution is -0.198. The van der Waals surface area contributed by atoms with Gasteiger partial charge in [0.1, 0.15) is 54.2 Å². The van der Waals surface area contributed by atoms with Gasteiger partial charge in [-0.1, -0.05) is 0 Å². The molecule has 5 rings (SSSR count). The number of phenols is 1. The van der Waals surface area contributed by atoms with Gasteiger partial charge in [0.15, 0.2) is 23.4 Å². The molecule has 9 unspecified atom stereocenters. The summed E-state index contributed by atoms with van der Waals surface area (Å²) in [5, 5.41) is 64.0. The van der Waals surface area contributed by atoms with Crippen LogP contribution in [0, 0.1) is 5.92 Å². The van der Waals surface area contributed by atoms with E-state index >= 15 is 0 Å². The van der Waals surface area contributed by atoms with Crippen LogP contribution in [0.1, 0.15) is 39.6 Å². The van der Waals surface area contributed by atoms with Gasteiger partial charge in [0.05, 0.1) is 39.1 Å². The van der Waals surface area contributed by atoms with E-state index < -0.39 is 79.6 Å². The summed E-state index contributed by atoms with van der Waals surface area (Å²) in [6.07, 6.45) is -8.76. The number of benzene rings is 2. The average Bonchev–Trinajstić information content (AvgIpc) is 3.31. The zero-order chi connectivity index (χ0) is 33.3. The summed E-state index contributed by atoms with van der Waals surface area (Å²) in [6, 6.07) is 7.11. The molecule has 1 saturated heterocycles. The van der Waals surface area contributed by atoms with E-state index in [0.717, 1.165) is 0 Å². The molecule has 9 atom stereocenters. The number of cyclic esters (lactones) is 1. The van der Waals surface area contributed by atoms with Crippen molar-refractivity contribution < 1.29 is 73.4 Å². The highest BCUT2D eigenvalue weighted by Crippen LogP contribution is 2.36. The first-order valence-corrected chi connectivity index (χ1v) is 14.7. The van der Waals surface area contributed by atoms with Gasteiger partial charge in [0.2, 0.25) is 0 Å². The predicted octanol–water partition coefficient (Wildman–Crippen LogP) is -0.317. The fraction of sp³-hybridized carbons (Fsp3) is 0.548. The maximum Gasteiger partial charge on any atom is 0.342 e. The summed E-state index contributed by atoms with van der Waals surface area (Å²) >= 11 is 0. The Morgan fingerprint density at radius 3 is 2.48 bits per heavy atom. The van der Waals surface area contributed by atoms with Crippen molar-refractivity contribution in [3.63, 3.8) is 0 Å². The molecule has 2 fully saturated rings. The van der Waals surface area contributed by atoms with E-state index in [0.29, 0.717) is 23.5 Å².